The molecule has 2 heterocycles. The Balaban J connectivity index is 1.41. The van der Waals surface area contributed by atoms with Crippen LogP contribution in [0.15, 0.2) is 12.3 Å². The van der Waals surface area contributed by atoms with Crippen molar-refractivity contribution in [3.8, 4) is 0 Å². The Morgan fingerprint density at radius 2 is 2.26 bits per heavy atom. The Morgan fingerprint density at radius 1 is 1.37 bits per heavy atom. The van der Waals surface area contributed by atoms with Crippen LogP contribution in [0, 0.1) is 5.92 Å². The lowest BCUT2D eigenvalue weighted by molar-refractivity contribution is 0.00799. The average Bonchev–Trinajstić information content (AvgIpc) is 3.06. The fourth-order valence-electron chi connectivity index (χ4n) is 3.47. The van der Waals surface area contributed by atoms with Gasteiger partial charge in [-0.2, -0.15) is 0 Å². The van der Waals surface area contributed by atoms with Crippen LogP contribution < -0.4 is 5.32 Å². The number of halogens is 1. The lowest BCUT2D eigenvalue weighted by Crippen LogP contribution is -2.34. The number of ether oxygens (including phenoxy) is 1. The molecular weight excluding hydrogens is 260 g/mol. The van der Waals surface area contributed by atoms with E-state index in [0.717, 1.165) is 23.7 Å². The van der Waals surface area contributed by atoms with Crippen LogP contribution >= 0.6 is 11.6 Å². The summed E-state index contributed by atoms with van der Waals surface area (Å²) in [5.41, 5.74) is 2.30. The molecule has 1 N–H and O–H groups in total. The van der Waals surface area contributed by atoms with Gasteiger partial charge >= 0.3 is 0 Å². The second kappa shape index (κ2) is 4.72. The van der Waals surface area contributed by atoms with Crippen molar-refractivity contribution in [1.29, 1.82) is 0 Å². The van der Waals surface area contributed by atoms with Crippen molar-refractivity contribution >= 4 is 11.6 Å². The average molecular weight is 279 g/mol. The molecule has 2 bridgehead atoms. The highest BCUT2D eigenvalue weighted by Crippen LogP contribution is 2.43. The van der Waals surface area contributed by atoms with Gasteiger partial charge in [0, 0.05) is 18.8 Å². The number of nitrogens with one attached hydrogen (secondary N) is 1. The summed E-state index contributed by atoms with van der Waals surface area (Å²) in [6.45, 7) is 1.75. The molecule has 1 aliphatic heterocycles. The first-order valence-corrected chi connectivity index (χ1v) is 7.66. The van der Waals surface area contributed by atoms with Gasteiger partial charge in [0.05, 0.1) is 23.4 Å². The van der Waals surface area contributed by atoms with Gasteiger partial charge < -0.3 is 10.1 Å². The van der Waals surface area contributed by atoms with Crippen LogP contribution in [-0.2, 0) is 11.3 Å². The summed E-state index contributed by atoms with van der Waals surface area (Å²) in [4.78, 5) is 4.40. The van der Waals surface area contributed by atoms with E-state index in [0.29, 0.717) is 30.6 Å². The summed E-state index contributed by atoms with van der Waals surface area (Å²) in [5.74, 6) is 1.38. The SMILES string of the molecule is Clc1cnc(COC2CC3CC2CN3)cc1C1CC1. The molecule has 3 nitrogen and oxygen atoms in total. The third-order valence-corrected chi connectivity index (χ3v) is 5.02. The number of piperidine rings is 1. The van der Waals surface area contributed by atoms with Crippen molar-refractivity contribution < 1.29 is 4.74 Å². The van der Waals surface area contributed by atoms with Crippen LogP contribution in [0.2, 0.25) is 5.02 Å². The Kier molecular flexibility index (Phi) is 3.02. The highest BCUT2D eigenvalue weighted by atomic mass is 35.5. The molecule has 4 heteroatoms. The van der Waals surface area contributed by atoms with Crippen LogP contribution in [0.1, 0.15) is 42.9 Å². The highest BCUT2D eigenvalue weighted by Gasteiger charge is 2.40. The Labute approximate surface area is 118 Å². The molecule has 3 fully saturated rings. The molecule has 0 radical (unpaired) electrons. The van der Waals surface area contributed by atoms with E-state index in [1.165, 1.54) is 24.8 Å². The number of hydrogen-bond donors (Lipinski definition) is 1. The van der Waals surface area contributed by atoms with Crippen LogP contribution in [0.25, 0.3) is 0 Å². The van der Waals surface area contributed by atoms with E-state index in [1.807, 2.05) is 0 Å². The Bertz CT molecular complexity index is 489. The predicted molar refractivity (Wildman–Crippen MR) is 74.3 cm³/mol. The number of aromatic nitrogens is 1. The monoisotopic (exact) mass is 278 g/mol. The summed E-state index contributed by atoms with van der Waals surface area (Å²) in [5, 5.41) is 4.33. The minimum atomic E-state index is 0.424. The zero-order valence-corrected chi connectivity index (χ0v) is 11.7. The molecular formula is C15H19ClN2O. The molecule has 0 aromatic carbocycles. The highest BCUT2D eigenvalue weighted by molar-refractivity contribution is 6.31. The summed E-state index contributed by atoms with van der Waals surface area (Å²) >= 11 is 6.20. The quantitative estimate of drug-likeness (QED) is 0.920. The van der Waals surface area contributed by atoms with Gasteiger partial charge in [0.15, 0.2) is 0 Å². The van der Waals surface area contributed by atoms with Crippen molar-refractivity contribution in [2.45, 2.75) is 50.4 Å². The molecule has 2 saturated carbocycles. The van der Waals surface area contributed by atoms with Crippen LogP contribution in [0.3, 0.4) is 0 Å². The van der Waals surface area contributed by atoms with Gasteiger partial charge in [-0.25, -0.2) is 0 Å². The van der Waals surface area contributed by atoms with Crippen molar-refractivity contribution in [2.75, 3.05) is 6.54 Å². The number of nitrogens with zero attached hydrogens (tertiary/aromatic N) is 1. The lowest BCUT2D eigenvalue weighted by Gasteiger charge is -2.22. The topological polar surface area (TPSA) is 34.1 Å². The van der Waals surface area contributed by atoms with Crippen molar-refractivity contribution in [2.24, 2.45) is 5.92 Å². The zero-order valence-electron chi connectivity index (χ0n) is 10.9. The van der Waals surface area contributed by atoms with E-state index in [-0.39, 0.29) is 0 Å². The maximum Gasteiger partial charge on any atom is 0.0891 e. The van der Waals surface area contributed by atoms with E-state index in [2.05, 4.69) is 16.4 Å². The maximum absolute atomic E-state index is 6.20. The van der Waals surface area contributed by atoms with Crippen molar-refractivity contribution in [3.05, 3.63) is 28.5 Å². The normalized spacial score (nSPS) is 33.0. The summed E-state index contributed by atoms with van der Waals surface area (Å²) in [6, 6.07) is 2.83. The standard InChI is InChI=1S/C15H19ClN2O/c16-14-7-18-12(4-13(14)9-1-2-9)8-19-15-5-11-3-10(15)6-17-11/h4,7,9-11,15,17H,1-3,5-6,8H2. The molecule has 1 saturated heterocycles. The van der Waals surface area contributed by atoms with Gasteiger partial charge in [-0.1, -0.05) is 11.6 Å². The maximum atomic E-state index is 6.20. The van der Waals surface area contributed by atoms with E-state index in [9.17, 15) is 0 Å². The molecule has 2 aliphatic carbocycles. The van der Waals surface area contributed by atoms with Crippen molar-refractivity contribution in [3.63, 3.8) is 0 Å². The molecule has 1 aromatic heterocycles. The van der Waals surface area contributed by atoms with Gasteiger partial charge in [0.2, 0.25) is 0 Å². The molecule has 4 rings (SSSR count). The number of rotatable bonds is 4. The minimum absolute atomic E-state index is 0.424. The number of hydrogen-bond acceptors (Lipinski definition) is 3. The smallest absolute Gasteiger partial charge is 0.0891 e. The molecule has 19 heavy (non-hydrogen) atoms. The Hall–Kier alpha value is -0.640. The Morgan fingerprint density at radius 3 is 2.95 bits per heavy atom. The first kappa shape index (κ1) is 12.1. The lowest BCUT2D eigenvalue weighted by atomic mass is 10.1. The minimum Gasteiger partial charge on any atom is -0.372 e. The van der Waals surface area contributed by atoms with Crippen LogP contribution in [-0.4, -0.2) is 23.7 Å². The fourth-order valence-corrected chi connectivity index (χ4v) is 3.73. The first-order chi connectivity index (χ1) is 9.29. The second-order valence-corrected chi connectivity index (χ2v) is 6.56. The van der Waals surface area contributed by atoms with Crippen LogP contribution in [0.5, 0.6) is 0 Å². The largest absolute Gasteiger partial charge is 0.372 e. The molecule has 3 atom stereocenters. The molecule has 0 amide bonds. The van der Waals surface area contributed by atoms with Crippen LogP contribution in [0.4, 0.5) is 0 Å². The van der Waals surface area contributed by atoms with E-state index in [1.54, 1.807) is 6.20 Å². The molecule has 102 valence electrons. The molecule has 3 aliphatic rings. The number of fused-ring (bicyclic) bond motifs is 2. The molecule has 1 aromatic rings. The van der Waals surface area contributed by atoms with E-state index >= 15 is 0 Å². The summed E-state index contributed by atoms with van der Waals surface area (Å²) < 4.78 is 6.07. The van der Waals surface area contributed by atoms with E-state index < -0.39 is 0 Å². The van der Waals surface area contributed by atoms with Gasteiger partial charge in [-0.3, -0.25) is 4.98 Å². The second-order valence-electron chi connectivity index (χ2n) is 6.16. The first-order valence-electron chi connectivity index (χ1n) is 7.29. The third-order valence-electron chi connectivity index (χ3n) is 4.70. The van der Waals surface area contributed by atoms with Gasteiger partial charge in [0.25, 0.3) is 0 Å². The van der Waals surface area contributed by atoms with Gasteiger partial charge in [-0.05, 0) is 49.1 Å². The molecule has 0 spiro atoms. The summed E-state index contributed by atoms with van der Waals surface area (Å²) in [6.07, 6.45) is 7.19. The third kappa shape index (κ3) is 2.39. The van der Waals surface area contributed by atoms with E-state index in [4.69, 9.17) is 16.3 Å². The summed E-state index contributed by atoms with van der Waals surface area (Å²) in [7, 11) is 0. The van der Waals surface area contributed by atoms with Crippen molar-refractivity contribution in [1.82, 2.24) is 10.3 Å². The number of pyridine rings is 1. The van der Waals surface area contributed by atoms with Gasteiger partial charge in [0.1, 0.15) is 0 Å². The predicted octanol–water partition coefficient (Wildman–Crippen LogP) is 2.88. The van der Waals surface area contributed by atoms with Gasteiger partial charge in [-0.15, -0.1) is 0 Å². The fraction of sp³-hybridized carbons (Fsp3) is 0.667. The zero-order chi connectivity index (χ0) is 12.8. The molecule has 3 unspecified atom stereocenters.